The zero-order chi connectivity index (χ0) is 24.5. The molecule has 0 aliphatic carbocycles. The Morgan fingerprint density at radius 1 is 1.29 bits per heavy atom. The van der Waals surface area contributed by atoms with E-state index in [4.69, 9.17) is 16.3 Å². The number of anilines is 1. The van der Waals surface area contributed by atoms with Gasteiger partial charge >= 0.3 is 0 Å². The number of nitrogens with zero attached hydrogens (tertiary/aromatic N) is 4. The Kier molecular flexibility index (Phi) is 6.70. The number of amides is 1. The average molecular weight is 499 g/mol. The van der Waals surface area contributed by atoms with Crippen LogP contribution in [0, 0.1) is 0 Å². The molecule has 2 aliphatic heterocycles. The fourth-order valence-corrected chi connectivity index (χ4v) is 4.92. The molecule has 5 heterocycles. The Hall–Kier alpha value is -3.05. The van der Waals surface area contributed by atoms with Crippen LogP contribution in [0.4, 0.5) is 5.82 Å². The minimum absolute atomic E-state index is 0.00123. The molecule has 11 heteroatoms. The van der Waals surface area contributed by atoms with E-state index in [0.717, 1.165) is 35.3 Å². The van der Waals surface area contributed by atoms with Crippen molar-refractivity contribution in [1.82, 2.24) is 24.8 Å². The summed E-state index contributed by atoms with van der Waals surface area (Å²) in [4.78, 5) is 34.7. The molecule has 2 aliphatic rings. The second-order valence-corrected chi connectivity index (χ2v) is 9.34. The number of aryl methyl sites for hydroxylation is 1. The molecular formula is C24H27ClN6O4. The number of carbonyl (C=O) groups is 1. The summed E-state index contributed by atoms with van der Waals surface area (Å²) in [5, 5.41) is 17.4. The number of hydrogen-bond donors (Lipinski definition) is 3. The molecule has 1 saturated heterocycles. The SMILES string of the molecule is Cn1c(=O)ccc2ncc(Cl)c(CCN3CC[C@H](NCc4ccc5c(n4)NC(=O)CO5)[C@@H](O)C3)c21. The number of carbonyl (C=O) groups excluding carboxylic acids is 1. The number of aliphatic hydroxyl groups is 1. The van der Waals surface area contributed by atoms with Crippen LogP contribution in [0.3, 0.4) is 0 Å². The summed E-state index contributed by atoms with van der Waals surface area (Å²) >= 11 is 6.46. The van der Waals surface area contributed by atoms with E-state index < -0.39 is 6.10 Å². The summed E-state index contributed by atoms with van der Waals surface area (Å²) in [5.41, 5.74) is 3.03. The van der Waals surface area contributed by atoms with Gasteiger partial charge in [0, 0.05) is 45.0 Å². The Morgan fingerprint density at radius 2 is 2.14 bits per heavy atom. The maximum atomic E-state index is 12.1. The molecule has 184 valence electrons. The van der Waals surface area contributed by atoms with Crippen molar-refractivity contribution in [2.45, 2.75) is 31.5 Å². The van der Waals surface area contributed by atoms with Crippen LogP contribution >= 0.6 is 11.6 Å². The van der Waals surface area contributed by atoms with Gasteiger partial charge in [0.2, 0.25) is 0 Å². The predicted molar refractivity (Wildman–Crippen MR) is 132 cm³/mol. The lowest BCUT2D eigenvalue weighted by atomic mass is 10.0. The maximum absolute atomic E-state index is 12.1. The van der Waals surface area contributed by atoms with Gasteiger partial charge in [-0.1, -0.05) is 11.6 Å². The van der Waals surface area contributed by atoms with Gasteiger partial charge in [-0.05, 0) is 43.1 Å². The van der Waals surface area contributed by atoms with Gasteiger partial charge in [-0.15, -0.1) is 0 Å². The molecule has 3 N–H and O–H groups in total. The topological polar surface area (TPSA) is 122 Å². The van der Waals surface area contributed by atoms with E-state index in [2.05, 4.69) is 25.5 Å². The molecule has 35 heavy (non-hydrogen) atoms. The van der Waals surface area contributed by atoms with E-state index in [1.54, 1.807) is 29.9 Å². The lowest BCUT2D eigenvalue weighted by Crippen LogP contribution is -2.52. The lowest BCUT2D eigenvalue weighted by molar-refractivity contribution is -0.118. The van der Waals surface area contributed by atoms with Gasteiger partial charge in [0.1, 0.15) is 0 Å². The van der Waals surface area contributed by atoms with E-state index in [0.29, 0.717) is 42.6 Å². The molecule has 0 spiro atoms. The summed E-state index contributed by atoms with van der Waals surface area (Å²) in [6.45, 7) is 2.52. The van der Waals surface area contributed by atoms with E-state index in [1.807, 2.05) is 6.07 Å². The highest BCUT2D eigenvalue weighted by Crippen LogP contribution is 2.26. The van der Waals surface area contributed by atoms with Gasteiger partial charge in [0.15, 0.2) is 18.2 Å². The summed E-state index contributed by atoms with van der Waals surface area (Å²) in [6, 6.07) is 6.80. The van der Waals surface area contributed by atoms with Gasteiger partial charge in [0.05, 0.1) is 27.9 Å². The third-order valence-corrected chi connectivity index (χ3v) is 6.93. The molecule has 5 rings (SSSR count). The van der Waals surface area contributed by atoms with Gasteiger partial charge in [-0.3, -0.25) is 14.6 Å². The molecule has 3 aromatic heterocycles. The smallest absolute Gasteiger partial charge is 0.263 e. The van der Waals surface area contributed by atoms with Crippen LogP contribution in [-0.2, 0) is 24.8 Å². The molecule has 0 bridgehead atoms. The number of likely N-dealkylation sites (tertiary alicyclic amines) is 1. The lowest BCUT2D eigenvalue weighted by Gasteiger charge is -2.36. The Balaban J connectivity index is 1.18. The van der Waals surface area contributed by atoms with Crippen LogP contribution in [0.2, 0.25) is 5.02 Å². The summed E-state index contributed by atoms with van der Waals surface area (Å²) in [6.07, 6.45) is 2.50. The van der Waals surface area contributed by atoms with E-state index in [9.17, 15) is 14.7 Å². The minimum Gasteiger partial charge on any atom is -0.480 e. The number of ether oxygens (including phenoxy) is 1. The first kappa shape index (κ1) is 23.7. The number of nitrogens with one attached hydrogen (secondary N) is 2. The van der Waals surface area contributed by atoms with E-state index in [-0.39, 0.29) is 24.1 Å². The minimum atomic E-state index is -0.543. The number of aromatic nitrogens is 3. The molecule has 3 aromatic rings. The van der Waals surface area contributed by atoms with E-state index >= 15 is 0 Å². The van der Waals surface area contributed by atoms with Gasteiger partial charge < -0.3 is 29.9 Å². The number of halogens is 1. The van der Waals surface area contributed by atoms with Gasteiger partial charge in [-0.2, -0.15) is 0 Å². The number of fused-ring (bicyclic) bond motifs is 2. The Labute approximate surface area is 206 Å². The highest BCUT2D eigenvalue weighted by Gasteiger charge is 2.28. The quantitative estimate of drug-likeness (QED) is 0.461. The summed E-state index contributed by atoms with van der Waals surface area (Å²) < 4.78 is 6.93. The number of hydrogen-bond acceptors (Lipinski definition) is 8. The van der Waals surface area contributed by atoms with Crippen LogP contribution in [0.1, 0.15) is 17.7 Å². The largest absolute Gasteiger partial charge is 0.480 e. The molecule has 0 saturated carbocycles. The Bertz CT molecular complexity index is 1330. The summed E-state index contributed by atoms with van der Waals surface area (Å²) in [7, 11) is 1.73. The molecular weight excluding hydrogens is 472 g/mol. The number of pyridine rings is 3. The number of rotatable bonds is 6. The van der Waals surface area contributed by atoms with Crippen LogP contribution in [0.15, 0.2) is 35.3 Å². The van der Waals surface area contributed by atoms with Crippen molar-refractivity contribution in [2.75, 3.05) is 31.6 Å². The molecule has 2 atom stereocenters. The average Bonchev–Trinajstić information content (AvgIpc) is 2.85. The molecule has 0 radical (unpaired) electrons. The summed E-state index contributed by atoms with van der Waals surface area (Å²) in [5.74, 6) is 0.765. The van der Waals surface area contributed by atoms with Crippen LogP contribution < -0.4 is 20.9 Å². The van der Waals surface area contributed by atoms with Crippen LogP contribution in [0.25, 0.3) is 11.0 Å². The second kappa shape index (κ2) is 9.90. The van der Waals surface area contributed by atoms with Crippen molar-refractivity contribution in [2.24, 2.45) is 7.05 Å². The highest BCUT2D eigenvalue weighted by atomic mass is 35.5. The van der Waals surface area contributed by atoms with Gasteiger partial charge in [0.25, 0.3) is 11.5 Å². The first-order chi connectivity index (χ1) is 16.9. The molecule has 0 unspecified atom stereocenters. The van der Waals surface area contributed by atoms with Crippen molar-refractivity contribution in [1.29, 1.82) is 0 Å². The first-order valence-corrected chi connectivity index (χ1v) is 12.0. The number of β-amino-alcohol motifs (C(OH)–C–C–N with tert-alkyl or cyclic N) is 1. The van der Waals surface area contributed by atoms with Crippen molar-refractivity contribution in [3.05, 3.63) is 57.1 Å². The maximum Gasteiger partial charge on any atom is 0.263 e. The van der Waals surface area contributed by atoms with Crippen molar-refractivity contribution >= 4 is 34.4 Å². The highest BCUT2D eigenvalue weighted by molar-refractivity contribution is 6.32. The predicted octanol–water partition coefficient (Wildman–Crippen LogP) is 1.08. The van der Waals surface area contributed by atoms with Crippen LogP contribution in [-0.4, -0.2) is 68.8 Å². The van der Waals surface area contributed by atoms with Crippen molar-refractivity contribution < 1.29 is 14.6 Å². The van der Waals surface area contributed by atoms with Crippen LogP contribution in [0.5, 0.6) is 5.75 Å². The van der Waals surface area contributed by atoms with Gasteiger partial charge in [-0.25, -0.2) is 4.98 Å². The normalized spacial score (nSPS) is 20.4. The second-order valence-electron chi connectivity index (χ2n) is 8.93. The first-order valence-electron chi connectivity index (χ1n) is 11.6. The molecule has 1 fully saturated rings. The molecule has 10 nitrogen and oxygen atoms in total. The monoisotopic (exact) mass is 498 g/mol. The van der Waals surface area contributed by atoms with E-state index in [1.165, 1.54) is 6.07 Å². The molecule has 0 aromatic carbocycles. The van der Waals surface area contributed by atoms with Crippen molar-refractivity contribution in [3.8, 4) is 5.75 Å². The fourth-order valence-electron chi connectivity index (χ4n) is 4.69. The Morgan fingerprint density at radius 3 is 2.97 bits per heavy atom. The third-order valence-electron chi connectivity index (χ3n) is 6.61. The van der Waals surface area contributed by atoms with Crippen molar-refractivity contribution in [3.63, 3.8) is 0 Å². The zero-order valence-corrected chi connectivity index (χ0v) is 20.1. The standard InChI is InChI=1S/C24H27ClN6O4/c1-30-22(34)5-3-18-23(30)15(16(25)11-27-18)6-8-31-9-7-17(19(32)12-31)26-10-14-2-4-20-24(28-14)29-21(33)13-35-20/h2-5,11,17,19,26,32H,6-10,12-13H2,1H3,(H,28,29,33)/t17-,19-/m0/s1. The fraction of sp³-hybridized carbons (Fsp3) is 0.417. The number of aliphatic hydroxyl groups excluding tert-OH is 1. The number of piperidine rings is 1. The third kappa shape index (κ3) is 5.01. The zero-order valence-electron chi connectivity index (χ0n) is 19.3. The molecule has 1 amide bonds.